The highest BCUT2D eigenvalue weighted by Gasteiger charge is 2.29. The van der Waals surface area contributed by atoms with Crippen LogP contribution in [0.1, 0.15) is 11.1 Å². The van der Waals surface area contributed by atoms with E-state index in [1.54, 1.807) is 0 Å². The second kappa shape index (κ2) is 10.2. The average molecular weight is 434 g/mol. The number of benzene rings is 2. The van der Waals surface area contributed by atoms with Gasteiger partial charge in [0.05, 0.1) is 4.92 Å². The molecule has 0 aliphatic carbocycles. The molecular weight excluding hydrogens is 406 g/mol. The Labute approximate surface area is 187 Å². The summed E-state index contributed by atoms with van der Waals surface area (Å²) in [5.74, 6) is 0.519. The van der Waals surface area contributed by atoms with Crippen molar-refractivity contribution < 1.29 is 4.92 Å². The number of hydrogen-bond acceptors (Lipinski definition) is 8. The van der Waals surface area contributed by atoms with Crippen molar-refractivity contribution in [1.29, 1.82) is 0 Å². The van der Waals surface area contributed by atoms with Gasteiger partial charge in [0, 0.05) is 39.3 Å². The molecule has 1 aromatic heterocycles. The number of hydrazine groups is 1. The van der Waals surface area contributed by atoms with Crippen molar-refractivity contribution in [3.63, 3.8) is 0 Å². The zero-order valence-electron chi connectivity index (χ0n) is 18.1. The Morgan fingerprint density at radius 3 is 2.03 bits per heavy atom. The number of nitro groups is 1. The largest absolute Gasteiger partial charge is 0.354 e. The van der Waals surface area contributed by atoms with E-state index in [4.69, 9.17) is 0 Å². The van der Waals surface area contributed by atoms with Gasteiger partial charge in [-0.1, -0.05) is 60.7 Å². The van der Waals surface area contributed by atoms with Gasteiger partial charge in [-0.15, -0.1) is 0 Å². The maximum Gasteiger partial charge on any atom is 0.354 e. The minimum absolute atomic E-state index is 0.113. The molecular formula is C23H27N7O2. The third-order valence-corrected chi connectivity index (χ3v) is 5.48. The molecule has 0 spiro atoms. The maximum absolute atomic E-state index is 12.2. The number of rotatable bonds is 8. The molecule has 1 aliphatic heterocycles. The molecule has 0 atom stereocenters. The molecule has 1 N–H and O–H groups in total. The summed E-state index contributed by atoms with van der Waals surface area (Å²) in [6.45, 7) is 4.25. The summed E-state index contributed by atoms with van der Waals surface area (Å²) in [5, 5.41) is 14.1. The van der Waals surface area contributed by atoms with Crippen molar-refractivity contribution in [2.24, 2.45) is 0 Å². The summed E-state index contributed by atoms with van der Waals surface area (Å²) < 4.78 is 0. The van der Waals surface area contributed by atoms with E-state index in [-0.39, 0.29) is 11.5 Å². The standard InChI is InChI=1S/C23H27N7O2/c1-27-12-14-29(15-13-27)26-22-21(30(31)32)23(25-18-24-22)28(16-19-8-4-2-5-9-19)17-20-10-6-3-7-11-20/h2-11,18H,12-17H2,1H3,(H,24,25,26). The van der Waals surface area contributed by atoms with Crippen molar-refractivity contribution in [2.45, 2.75) is 13.1 Å². The van der Waals surface area contributed by atoms with Crippen LogP contribution >= 0.6 is 0 Å². The van der Waals surface area contributed by atoms with Crippen LogP contribution in [0.5, 0.6) is 0 Å². The molecule has 0 bridgehead atoms. The lowest BCUT2D eigenvalue weighted by Gasteiger charge is -2.32. The fraction of sp³-hybridized carbons (Fsp3) is 0.304. The first-order chi connectivity index (χ1) is 15.6. The zero-order chi connectivity index (χ0) is 22.3. The monoisotopic (exact) mass is 433 g/mol. The summed E-state index contributed by atoms with van der Waals surface area (Å²) >= 11 is 0. The molecule has 4 rings (SSSR count). The van der Waals surface area contributed by atoms with Crippen LogP contribution in [-0.2, 0) is 13.1 Å². The number of likely N-dealkylation sites (N-methyl/N-ethyl adjacent to an activating group) is 1. The van der Waals surface area contributed by atoms with Crippen molar-refractivity contribution in [3.05, 3.63) is 88.2 Å². The molecule has 32 heavy (non-hydrogen) atoms. The minimum Gasteiger partial charge on any atom is -0.342 e. The third-order valence-electron chi connectivity index (χ3n) is 5.48. The Hall–Kier alpha value is -3.56. The molecule has 1 saturated heterocycles. The van der Waals surface area contributed by atoms with Crippen LogP contribution in [0.3, 0.4) is 0 Å². The summed E-state index contributed by atoms with van der Waals surface area (Å²) in [5.41, 5.74) is 5.14. The fourth-order valence-electron chi connectivity index (χ4n) is 3.73. The maximum atomic E-state index is 12.2. The molecule has 0 unspecified atom stereocenters. The molecule has 2 aromatic carbocycles. The molecule has 0 saturated carbocycles. The van der Waals surface area contributed by atoms with Gasteiger partial charge in [0.25, 0.3) is 0 Å². The topological polar surface area (TPSA) is 90.7 Å². The number of piperazine rings is 1. The van der Waals surface area contributed by atoms with Crippen LogP contribution in [0.25, 0.3) is 0 Å². The van der Waals surface area contributed by atoms with Crippen molar-refractivity contribution in [3.8, 4) is 0 Å². The van der Waals surface area contributed by atoms with Crippen LogP contribution in [0, 0.1) is 10.1 Å². The highest BCUT2D eigenvalue weighted by Crippen LogP contribution is 2.34. The van der Waals surface area contributed by atoms with E-state index in [1.807, 2.05) is 70.6 Å². The molecule has 9 heteroatoms. The number of hydrogen-bond donors (Lipinski definition) is 1. The lowest BCUT2D eigenvalue weighted by Crippen LogP contribution is -2.47. The molecule has 2 heterocycles. The smallest absolute Gasteiger partial charge is 0.342 e. The average Bonchev–Trinajstić information content (AvgIpc) is 2.81. The van der Waals surface area contributed by atoms with E-state index in [2.05, 4.69) is 27.3 Å². The quantitative estimate of drug-likeness (QED) is 0.428. The summed E-state index contributed by atoms with van der Waals surface area (Å²) in [4.78, 5) is 24.5. The van der Waals surface area contributed by atoms with E-state index in [0.29, 0.717) is 18.9 Å². The Morgan fingerprint density at radius 1 is 0.938 bits per heavy atom. The van der Waals surface area contributed by atoms with Crippen LogP contribution in [-0.4, -0.2) is 58.0 Å². The third kappa shape index (κ3) is 5.37. The van der Waals surface area contributed by atoms with Crippen LogP contribution in [0.15, 0.2) is 67.0 Å². The highest BCUT2D eigenvalue weighted by molar-refractivity contribution is 5.70. The molecule has 1 aliphatic rings. The lowest BCUT2D eigenvalue weighted by atomic mass is 10.1. The number of aromatic nitrogens is 2. The van der Waals surface area contributed by atoms with Gasteiger partial charge in [0.1, 0.15) is 6.33 Å². The van der Waals surface area contributed by atoms with Gasteiger partial charge in [-0.25, -0.2) is 15.0 Å². The van der Waals surface area contributed by atoms with Gasteiger partial charge in [-0.2, -0.15) is 0 Å². The van der Waals surface area contributed by atoms with Crippen molar-refractivity contribution in [2.75, 3.05) is 43.6 Å². The van der Waals surface area contributed by atoms with E-state index in [9.17, 15) is 10.1 Å². The molecule has 1 fully saturated rings. The first-order valence-electron chi connectivity index (χ1n) is 10.6. The number of nitrogens with zero attached hydrogens (tertiary/aromatic N) is 6. The molecule has 0 amide bonds. The van der Waals surface area contributed by atoms with Gasteiger partial charge >= 0.3 is 5.69 Å². The molecule has 3 aromatic rings. The second-order valence-corrected chi connectivity index (χ2v) is 7.88. The Bertz CT molecular complexity index is 984. The van der Waals surface area contributed by atoms with Crippen LogP contribution in [0.4, 0.5) is 17.3 Å². The van der Waals surface area contributed by atoms with Gasteiger partial charge in [0.15, 0.2) is 0 Å². The van der Waals surface area contributed by atoms with Crippen molar-refractivity contribution >= 4 is 17.3 Å². The normalized spacial score (nSPS) is 14.8. The highest BCUT2D eigenvalue weighted by atomic mass is 16.6. The van der Waals surface area contributed by atoms with Crippen LogP contribution < -0.4 is 10.3 Å². The number of anilines is 2. The van der Waals surface area contributed by atoms with Gasteiger partial charge < -0.3 is 9.80 Å². The van der Waals surface area contributed by atoms with E-state index in [1.165, 1.54) is 6.33 Å². The van der Waals surface area contributed by atoms with E-state index < -0.39 is 4.92 Å². The Balaban J connectivity index is 1.68. The second-order valence-electron chi connectivity index (χ2n) is 7.88. The van der Waals surface area contributed by atoms with Gasteiger partial charge in [-0.3, -0.25) is 15.5 Å². The van der Waals surface area contributed by atoms with Crippen molar-refractivity contribution in [1.82, 2.24) is 19.9 Å². The predicted molar refractivity (Wildman–Crippen MR) is 124 cm³/mol. The summed E-state index contributed by atoms with van der Waals surface area (Å²) in [6.07, 6.45) is 1.39. The Kier molecular flexibility index (Phi) is 6.88. The van der Waals surface area contributed by atoms with Crippen LogP contribution in [0.2, 0.25) is 0 Å². The number of nitrogens with one attached hydrogen (secondary N) is 1. The summed E-state index contributed by atoms with van der Waals surface area (Å²) in [7, 11) is 2.06. The predicted octanol–water partition coefficient (Wildman–Crippen LogP) is 3.17. The fourth-order valence-corrected chi connectivity index (χ4v) is 3.73. The zero-order valence-corrected chi connectivity index (χ0v) is 18.1. The van der Waals surface area contributed by atoms with Gasteiger partial charge in [0.2, 0.25) is 11.6 Å². The first kappa shape index (κ1) is 21.7. The van der Waals surface area contributed by atoms with E-state index >= 15 is 0 Å². The SMILES string of the molecule is CN1CCN(Nc2ncnc(N(Cc3ccccc3)Cc3ccccc3)c2[N+](=O)[O-])CC1. The lowest BCUT2D eigenvalue weighted by molar-refractivity contribution is -0.383. The van der Waals surface area contributed by atoms with Gasteiger partial charge in [-0.05, 0) is 18.2 Å². The van der Waals surface area contributed by atoms with E-state index in [0.717, 1.165) is 37.3 Å². The molecule has 9 nitrogen and oxygen atoms in total. The Morgan fingerprint density at radius 2 is 1.50 bits per heavy atom. The molecule has 0 radical (unpaired) electrons. The molecule has 166 valence electrons. The first-order valence-corrected chi connectivity index (χ1v) is 10.6. The summed E-state index contributed by atoms with van der Waals surface area (Å²) in [6, 6.07) is 19.8. The minimum atomic E-state index is -0.392.